The zero-order valence-corrected chi connectivity index (χ0v) is 10.4. The molecule has 17 heavy (non-hydrogen) atoms. The number of ether oxygens (including phenoxy) is 1. The molecule has 1 unspecified atom stereocenters. The lowest BCUT2D eigenvalue weighted by molar-refractivity contribution is 0.189. The van der Waals surface area contributed by atoms with Gasteiger partial charge >= 0.3 is 0 Å². The molecule has 1 fully saturated rings. The molecule has 96 valence electrons. The molecule has 0 aromatic carbocycles. The highest BCUT2D eigenvalue weighted by Crippen LogP contribution is 2.14. The van der Waals surface area contributed by atoms with Gasteiger partial charge in [0.25, 0.3) is 10.0 Å². The molecule has 0 radical (unpaired) electrons. The Balaban J connectivity index is 1.94. The highest BCUT2D eigenvalue weighted by atomic mass is 32.2. The van der Waals surface area contributed by atoms with Crippen LogP contribution in [-0.2, 0) is 21.3 Å². The van der Waals surface area contributed by atoms with Gasteiger partial charge in [-0.1, -0.05) is 0 Å². The van der Waals surface area contributed by atoms with Crippen LogP contribution in [0.25, 0.3) is 0 Å². The van der Waals surface area contributed by atoms with Gasteiger partial charge in [0.15, 0.2) is 0 Å². The maximum atomic E-state index is 11.4. The van der Waals surface area contributed by atoms with Gasteiger partial charge in [-0.15, -0.1) is 0 Å². The standard InChI is InChI=1S/C10H16N2O4S/c1-11-17(13,14)10-3-2-9(16-10)6-12-8-4-5-15-7-8/h2-3,8,11-12H,4-7H2,1H3. The second-order valence-corrected chi connectivity index (χ2v) is 5.69. The number of sulfonamides is 1. The summed E-state index contributed by atoms with van der Waals surface area (Å²) in [6.07, 6.45) is 0.975. The minimum absolute atomic E-state index is 0.0560. The average Bonchev–Trinajstić information content (AvgIpc) is 2.97. The Morgan fingerprint density at radius 3 is 2.94 bits per heavy atom. The summed E-state index contributed by atoms with van der Waals surface area (Å²) in [4.78, 5) is 0. The van der Waals surface area contributed by atoms with Crippen molar-refractivity contribution < 1.29 is 17.6 Å². The molecular formula is C10H16N2O4S. The van der Waals surface area contributed by atoms with Crippen LogP contribution in [0.3, 0.4) is 0 Å². The summed E-state index contributed by atoms with van der Waals surface area (Å²) in [7, 11) is -2.13. The monoisotopic (exact) mass is 260 g/mol. The third-order valence-corrected chi connectivity index (χ3v) is 3.95. The van der Waals surface area contributed by atoms with Crippen LogP contribution in [0.15, 0.2) is 21.6 Å². The van der Waals surface area contributed by atoms with Gasteiger partial charge in [-0.05, 0) is 25.6 Å². The maximum Gasteiger partial charge on any atom is 0.273 e. The molecule has 2 rings (SSSR count). The van der Waals surface area contributed by atoms with Crippen molar-refractivity contribution in [3.8, 4) is 0 Å². The first-order valence-corrected chi connectivity index (χ1v) is 6.93. The van der Waals surface area contributed by atoms with Gasteiger partial charge in [0, 0.05) is 12.6 Å². The van der Waals surface area contributed by atoms with E-state index in [0.29, 0.717) is 25.0 Å². The quantitative estimate of drug-likeness (QED) is 0.783. The molecule has 0 aliphatic carbocycles. The van der Waals surface area contributed by atoms with Crippen LogP contribution in [-0.4, -0.2) is 34.7 Å². The summed E-state index contributed by atoms with van der Waals surface area (Å²) in [6, 6.07) is 3.44. The number of rotatable bonds is 5. The molecule has 1 atom stereocenters. The van der Waals surface area contributed by atoms with Crippen LogP contribution in [0.2, 0.25) is 0 Å². The maximum absolute atomic E-state index is 11.4. The van der Waals surface area contributed by atoms with E-state index >= 15 is 0 Å². The Labute approximate surface area is 100 Å². The molecule has 0 amide bonds. The predicted octanol–water partition coefficient (Wildman–Crippen LogP) is 0.0662. The van der Waals surface area contributed by atoms with Crippen LogP contribution in [0.4, 0.5) is 0 Å². The smallest absolute Gasteiger partial charge is 0.273 e. The minimum atomic E-state index is -3.48. The van der Waals surface area contributed by atoms with Gasteiger partial charge in [-0.2, -0.15) is 0 Å². The van der Waals surface area contributed by atoms with Crippen LogP contribution >= 0.6 is 0 Å². The van der Waals surface area contributed by atoms with Crippen molar-refractivity contribution in [3.05, 3.63) is 17.9 Å². The summed E-state index contributed by atoms with van der Waals surface area (Å²) in [6.45, 7) is 1.98. The summed E-state index contributed by atoms with van der Waals surface area (Å²) in [5, 5.41) is 3.19. The molecule has 0 saturated carbocycles. The van der Waals surface area contributed by atoms with Crippen LogP contribution in [0.1, 0.15) is 12.2 Å². The van der Waals surface area contributed by atoms with Gasteiger partial charge in [0.2, 0.25) is 5.09 Å². The van der Waals surface area contributed by atoms with Crippen molar-refractivity contribution >= 4 is 10.0 Å². The van der Waals surface area contributed by atoms with Gasteiger partial charge in [0.1, 0.15) is 5.76 Å². The predicted molar refractivity (Wildman–Crippen MR) is 61.0 cm³/mol. The lowest BCUT2D eigenvalue weighted by Gasteiger charge is -2.08. The van der Waals surface area contributed by atoms with E-state index in [2.05, 4.69) is 10.0 Å². The van der Waals surface area contributed by atoms with Gasteiger partial charge in [0.05, 0.1) is 13.2 Å². The molecule has 1 aromatic rings. The first-order valence-electron chi connectivity index (χ1n) is 5.45. The van der Waals surface area contributed by atoms with Crippen LogP contribution in [0, 0.1) is 0 Å². The van der Waals surface area contributed by atoms with E-state index in [1.54, 1.807) is 6.07 Å². The first kappa shape index (κ1) is 12.6. The second kappa shape index (κ2) is 5.18. The third kappa shape index (κ3) is 3.06. The summed E-state index contributed by atoms with van der Waals surface area (Å²) < 4.78 is 35.5. The topological polar surface area (TPSA) is 80.6 Å². The van der Waals surface area contributed by atoms with E-state index in [0.717, 1.165) is 13.0 Å². The Hall–Kier alpha value is -0.890. The largest absolute Gasteiger partial charge is 0.447 e. The zero-order valence-electron chi connectivity index (χ0n) is 9.60. The molecule has 2 heterocycles. The number of hydrogen-bond donors (Lipinski definition) is 2. The first-order chi connectivity index (χ1) is 8.12. The molecule has 7 heteroatoms. The number of nitrogens with one attached hydrogen (secondary N) is 2. The number of furan rings is 1. The zero-order chi connectivity index (χ0) is 12.3. The molecule has 1 aliphatic heterocycles. The molecule has 1 aliphatic rings. The molecule has 0 bridgehead atoms. The van der Waals surface area contributed by atoms with E-state index in [-0.39, 0.29) is 5.09 Å². The summed E-state index contributed by atoms with van der Waals surface area (Å²) in [5.74, 6) is 0.603. The molecule has 2 N–H and O–H groups in total. The van der Waals surface area contributed by atoms with Crippen molar-refractivity contribution in [1.82, 2.24) is 10.0 Å². The molecule has 1 aromatic heterocycles. The van der Waals surface area contributed by atoms with Crippen LogP contribution in [0.5, 0.6) is 0 Å². The average molecular weight is 260 g/mol. The van der Waals surface area contributed by atoms with E-state index in [1.165, 1.54) is 13.1 Å². The highest BCUT2D eigenvalue weighted by Gasteiger charge is 2.18. The summed E-state index contributed by atoms with van der Waals surface area (Å²) in [5.41, 5.74) is 0. The van der Waals surface area contributed by atoms with Crippen molar-refractivity contribution in [1.29, 1.82) is 0 Å². The van der Waals surface area contributed by atoms with Crippen molar-refractivity contribution in [3.63, 3.8) is 0 Å². The Kier molecular flexibility index (Phi) is 3.82. The molecule has 6 nitrogen and oxygen atoms in total. The van der Waals surface area contributed by atoms with E-state index in [9.17, 15) is 8.42 Å². The Morgan fingerprint density at radius 2 is 2.29 bits per heavy atom. The molecular weight excluding hydrogens is 244 g/mol. The Morgan fingerprint density at radius 1 is 1.47 bits per heavy atom. The van der Waals surface area contributed by atoms with E-state index in [1.807, 2.05) is 0 Å². The normalized spacial score (nSPS) is 20.9. The van der Waals surface area contributed by atoms with Gasteiger partial charge in [-0.25, -0.2) is 13.1 Å². The Bertz CT molecular complexity index is 462. The minimum Gasteiger partial charge on any atom is -0.447 e. The van der Waals surface area contributed by atoms with E-state index in [4.69, 9.17) is 9.15 Å². The van der Waals surface area contributed by atoms with Crippen molar-refractivity contribution in [2.75, 3.05) is 20.3 Å². The third-order valence-electron chi connectivity index (χ3n) is 2.67. The molecule has 1 saturated heterocycles. The van der Waals surface area contributed by atoms with Gasteiger partial charge < -0.3 is 14.5 Å². The van der Waals surface area contributed by atoms with E-state index < -0.39 is 10.0 Å². The fourth-order valence-corrected chi connectivity index (χ4v) is 2.30. The summed E-state index contributed by atoms with van der Waals surface area (Å²) >= 11 is 0. The lowest BCUT2D eigenvalue weighted by Crippen LogP contribution is -2.28. The fourth-order valence-electron chi connectivity index (χ4n) is 1.64. The highest BCUT2D eigenvalue weighted by molar-refractivity contribution is 7.89. The SMILES string of the molecule is CNS(=O)(=O)c1ccc(CNC2CCOC2)o1. The van der Waals surface area contributed by atoms with Crippen molar-refractivity contribution in [2.45, 2.75) is 24.1 Å². The molecule has 0 spiro atoms. The van der Waals surface area contributed by atoms with Gasteiger partial charge in [-0.3, -0.25) is 0 Å². The second-order valence-electron chi connectivity index (χ2n) is 3.87. The fraction of sp³-hybridized carbons (Fsp3) is 0.600. The van der Waals surface area contributed by atoms with Crippen molar-refractivity contribution in [2.24, 2.45) is 0 Å². The number of hydrogen-bond acceptors (Lipinski definition) is 5. The lowest BCUT2D eigenvalue weighted by atomic mass is 10.2. The van der Waals surface area contributed by atoms with Crippen LogP contribution < -0.4 is 10.0 Å².